The van der Waals surface area contributed by atoms with Gasteiger partial charge in [0.05, 0.1) is 5.02 Å². The molecule has 0 aliphatic heterocycles. The molecule has 1 aromatic heterocycles. The number of rotatable bonds is 2. The van der Waals surface area contributed by atoms with Crippen molar-refractivity contribution in [1.29, 1.82) is 0 Å². The van der Waals surface area contributed by atoms with Crippen LogP contribution in [0.4, 0.5) is 0 Å². The lowest BCUT2D eigenvalue weighted by molar-refractivity contribution is 1.06. The Kier molecular flexibility index (Phi) is 2.01. The number of nitrogens with one attached hydrogen (secondary N) is 1. The summed E-state index contributed by atoms with van der Waals surface area (Å²) in [4.78, 5) is 3.41. The predicted molar refractivity (Wildman–Crippen MR) is 63.2 cm³/mol. The molecule has 2 nitrogen and oxygen atoms in total. The van der Waals surface area contributed by atoms with E-state index < -0.39 is 0 Å². The van der Waals surface area contributed by atoms with E-state index >= 15 is 0 Å². The molecule has 0 bridgehead atoms. The zero-order valence-corrected chi connectivity index (χ0v) is 9.14. The molecule has 0 spiro atoms. The molecule has 2 aromatic rings. The van der Waals surface area contributed by atoms with E-state index in [-0.39, 0.29) is 0 Å². The van der Waals surface area contributed by atoms with Crippen molar-refractivity contribution in [3.8, 4) is 0 Å². The zero-order chi connectivity index (χ0) is 10.4. The van der Waals surface area contributed by atoms with Crippen molar-refractivity contribution < 1.29 is 0 Å². The Labute approximate surface area is 93.4 Å². The maximum atomic E-state index is 6.39. The van der Waals surface area contributed by atoms with Crippen LogP contribution >= 0.6 is 11.6 Å². The minimum absolute atomic E-state index is 0.541. The van der Waals surface area contributed by atoms with Gasteiger partial charge in [0, 0.05) is 29.1 Å². The molecule has 1 saturated carbocycles. The summed E-state index contributed by atoms with van der Waals surface area (Å²) in [5.74, 6) is 0.649. The van der Waals surface area contributed by atoms with Crippen molar-refractivity contribution in [1.82, 2.24) is 4.98 Å². The van der Waals surface area contributed by atoms with Gasteiger partial charge in [-0.2, -0.15) is 0 Å². The van der Waals surface area contributed by atoms with Gasteiger partial charge in [0.15, 0.2) is 0 Å². The van der Waals surface area contributed by atoms with Crippen LogP contribution in [0.2, 0.25) is 5.02 Å². The number of nitrogens with two attached hydrogens (primary N) is 1. The Bertz CT molecular complexity index is 512. The first-order valence-corrected chi connectivity index (χ1v) is 5.68. The fourth-order valence-electron chi connectivity index (χ4n) is 2.12. The lowest BCUT2D eigenvalue weighted by Crippen LogP contribution is -1.96. The molecule has 3 N–H and O–H groups in total. The summed E-state index contributed by atoms with van der Waals surface area (Å²) >= 11 is 6.39. The Morgan fingerprint density at radius 3 is 2.87 bits per heavy atom. The summed E-state index contributed by atoms with van der Waals surface area (Å²) in [7, 11) is 0. The number of halogens is 1. The second-order valence-corrected chi connectivity index (χ2v) is 4.55. The van der Waals surface area contributed by atoms with Crippen LogP contribution in [-0.2, 0) is 6.54 Å². The molecule has 15 heavy (non-hydrogen) atoms. The molecular formula is C12H13ClN2. The van der Waals surface area contributed by atoms with E-state index in [1.165, 1.54) is 18.5 Å². The Balaban J connectivity index is 2.29. The standard InChI is InChI=1S/C12H13ClN2/c13-11-10-8(6-14)2-1-3-9(10)15-12(11)7-4-5-7/h1-3,7,15H,4-6,14H2. The molecule has 1 fully saturated rings. The second-order valence-electron chi connectivity index (χ2n) is 4.17. The van der Waals surface area contributed by atoms with Crippen molar-refractivity contribution in [3.05, 3.63) is 34.5 Å². The average molecular weight is 221 g/mol. The monoisotopic (exact) mass is 220 g/mol. The van der Waals surface area contributed by atoms with Crippen LogP contribution in [-0.4, -0.2) is 4.98 Å². The number of hydrogen-bond acceptors (Lipinski definition) is 1. The summed E-state index contributed by atoms with van der Waals surface area (Å²) in [5.41, 5.74) is 9.16. The minimum Gasteiger partial charge on any atom is -0.357 e. The van der Waals surface area contributed by atoms with Crippen LogP contribution in [0.3, 0.4) is 0 Å². The summed E-state index contributed by atoms with van der Waals surface area (Å²) in [6.45, 7) is 0.541. The molecule has 1 aliphatic rings. The third kappa shape index (κ3) is 1.36. The second kappa shape index (κ2) is 3.26. The van der Waals surface area contributed by atoms with Crippen LogP contribution in [0.5, 0.6) is 0 Å². The molecule has 1 aliphatic carbocycles. The smallest absolute Gasteiger partial charge is 0.0698 e. The van der Waals surface area contributed by atoms with Crippen LogP contribution < -0.4 is 5.73 Å². The van der Waals surface area contributed by atoms with E-state index in [2.05, 4.69) is 11.1 Å². The molecule has 1 heterocycles. The molecule has 1 aromatic carbocycles. The number of aromatic amines is 1. The highest BCUT2D eigenvalue weighted by Gasteiger charge is 2.28. The van der Waals surface area contributed by atoms with Gasteiger partial charge in [-0.25, -0.2) is 0 Å². The Morgan fingerprint density at radius 2 is 2.20 bits per heavy atom. The number of hydrogen-bond donors (Lipinski definition) is 2. The third-order valence-electron chi connectivity index (χ3n) is 3.08. The van der Waals surface area contributed by atoms with E-state index in [0.29, 0.717) is 12.5 Å². The summed E-state index contributed by atoms with van der Waals surface area (Å²) in [6, 6.07) is 6.12. The van der Waals surface area contributed by atoms with Gasteiger partial charge >= 0.3 is 0 Å². The van der Waals surface area contributed by atoms with Gasteiger partial charge in [0.1, 0.15) is 0 Å². The van der Waals surface area contributed by atoms with Crippen molar-refractivity contribution >= 4 is 22.5 Å². The average Bonchev–Trinajstić information content (AvgIpc) is 3.04. The van der Waals surface area contributed by atoms with Gasteiger partial charge in [-0.1, -0.05) is 23.7 Å². The summed E-state index contributed by atoms with van der Waals surface area (Å²) in [5, 5.41) is 2.00. The highest BCUT2D eigenvalue weighted by Crippen LogP contribution is 2.45. The van der Waals surface area contributed by atoms with Gasteiger partial charge in [-0.05, 0) is 24.5 Å². The molecule has 0 saturated heterocycles. The summed E-state index contributed by atoms with van der Waals surface area (Å²) < 4.78 is 0. The largest absolute Gasteiger partial charge is 0.357 e. The number of H-pyrrole nitrogens is 1. The molecular weight excluding hydrogens is 208 g/mol. The first-order chi connectivity index (χ1) is 7.31. The van der Waals surface area contributed by atoms with Crippen molar-refractivity contribution in [2.45, 2.75) is 25.3 Å². The molecule has 0 atom stereocenters. The molecule has 3 rings (SSSR count). The van der Waals surface area contributed by atoms with Crippen molar-refractivity contribution in [2.75, 3.05) is 0 Å². The van der Waals surface area contributed by atoms with Crippen LogP contribution in [0.15, 0.2) is 18.2 Å². The quantitative estimate of drug-likeness (QED) is 0.802. The van der Waals surface area contributed by atoms with Gasteiger partial charge in [-0.3, -0.25) is 0 Å². The maximum absolute atomic E-state index is 6.39. The van der Waals surface area contributed by atoms with Crippen LogP contribution in [0.25, 0.3) is 10.9 Å². The number of fused-ring (bicyclic) bond motifs is 1. The van der Waals surface area contributed by atoms with E-state index in [1.54, 1.807) is 0 Å². The normalized spacial score (nSPS) is 16.1. The predicted octanol–water partition coefficient (Wildman–Crippen LogP) is 3.16. The highest BCUT2D eigenvalue weighted by atomic mass is 35.5. The van der Waals surface area contributed by atoms with E-state index in [4.69, 9.17) is 17.3 Å². The maximum Gasteiger partial charge on any atom is 0.0698 e. The fourth-order valence-corrected chi connectivity index (χ4v) is 2.55. The van der Waals surface area contributed by atoms with Crippen molar-refractivity contribution in [2.24, 2.45) is 5.73 Å². The Hall–Kier alpha value is -0.990. The fraction of sp³-hybridized carbons (Fsp3) is 0.333. The van der Waals surface area contributed by atoms with Gasteiger partial charge in [0.25, 0.3) is 0 Å². The zero-order valence-electron chi connectivity index (χ0n) is 8.39. The van der Waals surface area contributed by atoms with E-state index in [1.807, 2.05) is 12.1 Å². The molecule has 3 heteroatoms. The van der Waals surface area contributed by atoms with Gasteiger partial charge < -0.3 is 10.7 Å². The Morgan fingerprint density at radius 1 is 1.40 bits per heavy atom. The minimum atomic E-state index is 0.541. The summed E-state index contributed by atoms with van der Waals surface area (Å²) in [6.07, 6.45) is 2.51. The van der Waals surface area contributed by atoms with Gasteiger partial charge in [-0.15, -0.1) is 0 Å². The molecule has 78 valence electrons. The van der Waals surface area contributed by atoms with Crippen LogP contribution in [0.1, 0.15) is 30.0 Å². The van der Waals surface area contributed by atoms with Crippen LogP contribution in [0, 0.1) is 0 Å². The first kappa shape index (κ1) is 9.25. The number of aromatic nitrogens is 1. The molecule has 0 amide bonds. The molecule has 0 radical (unpaired) electrons. The third-order valence-corrected chi connectivity index (χ3v) is 3.47. The first-order valence-electron chi connectivity index (χ1n) is 5.30. The van der Waals surface area contributed by atoms with E-state index in [9.17, 15) is 0 Å². The lowest BCUT2D eigenvalue weighted by atomic mass is 10.1. The number of benzene rings is 1. The lowest BCUT2D eigenvalue weighted by Gasteiger charge is -1.99. The van der Waals surface area contributed by atoms with E-state index in [0.717, 1.165) is 21.5 Å². The SMILES string of the molecule is NCc1cccc2[nH]c(C3CC3)c(Cl)c12. The highest BCUT2D eigenvalue weighted by molar-refractivity contribution is 6.36. The molecule has 0 unspecified atom stereocenters. The van der Waals surface area contributed by atoms with Gasteiger partial charge in [0.2, 0.25) is 0 Å². The van der Waals surface area contributed by atoms with Crippen molar-refractivity contribution in [3.63, 3.8) is 0 Å². The topological polar surface area (TPSA) is 41.8 Å².